The molecule has 1 heterocycles. The third-order valence-electron chi connectivity index (χ3n) is 8.57. The summed E-state index contributed by atoms with van der Waals surface area (Å²) in [6, 6.07) is 29.2. The van der Waals surface area contributed by atoms with Crippen molar-refractivity contribution < 1.29 is 28.7 Å². The molecule has 3 amide bonds. The zero-order valence-electron chi connectivity index (χ0n) is 23.4. The van der Waals surface area contributed by atoms with Crippen LogP contribution in [0.3, 0.4) is 0 Å². The second-order valence-corrected chi connectivity index (χ2v) is 10.9. The van der Waals surface area contributed by atoms with E-state index >= 15 is 0 Å². The molecule has 1 saturated heterocycles. The molecule has 1 N–H and O–H groups in total. The fourth-order valence-electron chi connectivity index (χ4n) is 6.92. The van der Waals surface area contributed by atoms with Gasteiger partial charge < -0.3 is 14.8 Å². The van der Waals surface area contributed by atoms with Crippen LogP contribution in [-0.4, -0.2) is 36.9 Å². The van der Waals surface area contributed by atoms with E-state index in [1.54, 1.807) is 36.4 Å². The molecule has 0 spiro atoms. The van der Waals surface area contributed by atoms with Crippen LogP contribution < -0.4 is 15.0 Å². The average Bonchev–Trinajstić information content (AvgIpc) is 3.31. The highest BCUT2D eigenvalue weighted by Crippen LogP contribution is 2.61. The molecule has 0 unspecified atom stereocenters. The van der Waals surface area contributed by atoms with Crippen LogP contribution in [0.25, 0.3) is 0 Å². The molecule has 43 heavy (non-hydrogen) atoms. The third-order valence-corrected chi connectivity index (χ3v) is 8.57. The summed E-state index contributed by atoms with van der Waals surface area (Å²) in [5, 5.41) is 2.67. The molecule has 214 valence electrons. The largest absolute Gasteiger partial charge is 0.494 e. The van der Waals surface area contributed by atoms with Crippen molar-refractivity contribution in [3.63, 3.8) is 0 Å². The van der Waals surface area contributed by atoms with Gasteiger partial charge in [-0.3, -0.25) is 14.4 Å². The zero-order valence-corrected chi connectivity index (χ0v) is 23.4. The molecule has 3 aliphatic carbocycles. The van der Waals surface area contributed by atoms with Crippen molar-refractivity contribution in [1.29, 1.82) is 0 Å². The van der Waals surface area contributed by atoms with Crippen LogP contribution in [0.1, 0.15) is 51.4 Å². The predicted molar refractivity (Wildman–Crippen MR) is 159 cm³/mol. The minimum atomic E-state index is -0.736. The van der Waals surface area contributed by atoms with E-state index in [-0.39, 0.29) is 29.2 Å². The summed E-state index contributed by atoms with van der Waals surface area (Å²) in [6.45, 7) is 1.92. The van der Waals surface area contributed by atoms with Crippen molar-refractivity contribution >= 4 is 35.1 Å². The fourth-order valence-corrected chi connectivity index (χ4v) is 6.92. The molecule has 0 radical (unpaired) electrons. The number of benzene rings is 4. The Hall–Kier alpha value is -5.24. The van der Waals surface area contributed by atoms with Crippen LogP contribution >= 0.6 is 0 Å². The van der Waals surface area contributed by atoms with Crippen LogP contribution in [-0.2, 0) is 19.1 Å². The van der Waals surface area contributed by atoms with Crippen molar-refractivity contribution in [3.05, 3.63) is 125 Å². The summed E-state index contributed by atoms with van der Waals surface area (Å²) in [5.74, 6) is -2.58. The Morgan fingerprint density at radius 1 is 0.744 bits per heavy atom. The first-order valence-corrected chi connectivity index (χ1v) is 14.3. The van der Waals surface area contributed by atoms with Crippen molar-refractivity contribution in [1.82, 2.24) is 0 Å². The summed E-state index contributed by atoms with van der Waals surface area (Å²) in [6.07, 6.45) is 0. The van der Waals surface area contributed by atoms with Gasteiger partial charge in [-0.1, -0.05) is 54.6 Å². The molecule has 1 fully saturated rings. The Bertz CT molecular complexity index is 1670. The first-order chi connectivity index (χ1) is 21.0. The Morgan fingerprint density at radius 3 is 1.84 bits per heavy atom. The standard InChI is InChI=1S/C35H28N2O6/c1-2-42-23-16-14-21(15-17-23)36-28(38)19-43-35(41)20-8-7-9-22(18-20)37-33(39)31-29-24-10-3-4-11-25(24)30(32(31)34(37)40)27-13-6-5-12-26(27)29/h3-18,29-32H,2,19H2,1H3,(H,36,38)/t29?,30?,31-,32-/m1/s1. The molecule has 2 bridgehead atoms. The van der Waals surface area contributed by atoms with Crippen molar-refractivity contribution in [2.24, 2.45) is 11.8 Å². The fraction of sp³-hybridized carbons (Fsp3) is 0.200. The van der Waals surface area contributed by atoms with Gasteiger partial charge in [-0.15, -0.1) is 0 Å². The lowest BCUT2D eigenvalue weighted by Crippen LogP contribution is -2.41. The van der Waals surface area contributed by atoms with Crippen LogP contribution in [0.15, 0.2) is 97.1 Å². The minimum Gasteiger partial charge on any atom is -0.494 e. The maximum absolute atomic E-state index is 14.0. The first-order valence-electron chi connectivity index (χ1n) is 14.3. The van der Waals surface area contributed by atoms with Gasteiger partial charge in [-0.2, -0.15) is 0 Å². The summed E-state index contributed by atoms with van der Waals surface area (Å²) >= 11 is 0. The van der Waals surface area contributed by atoms with Gasteiger partial charge in [0.15, 0.2) is 6.61 Å². The average molecular weight is 573 g/mol. The minimum absolute atomic E-state index is 0.136. The molecule has 8 heteroatoms. The number of nitrogens with zero attached hydrogens (tertiary/aromatic N) is 1. The number of imide groups is 1. The van der Waals surface area contributed by atoms with Crippen LogP contribution in [0.4, 0.5) is 11.4 Å². The van der Waals surface area contributed by atoms with Crippen LogP contribution in [0, 0.1) is 11.8 Å². The molecule has 0 aromatic heterocycles. The van der Waals surface area contributed by atoms with Crippen molar-refractivity contribution in [3.8, 4) is 5.75 Å². The Kier molecular flexibility index (Phi) is 6.54. The van der Waals surface area contributed by atoms with E-state index in [2.05, 4.69) is 29.6 Å². The van der Waals surface area contributed by atoms with Gasteiger partial charge in [0, 0.05) is 17.5 Å². The summed E-state index contributed by atoms with van der Waals surface area (Å²) in [7, 11) is 0. The topological polar surface area (TPSA) is 102 Å². The summed E-state index contributed by atoms with van der Waals surface area (Å²) in [5.41, 5.74) is 5.36. The Balaban J connectivity index is 1.09. The molecule has 8 nitrogen and oxygen atoms in total. The number of hydrogen-bond donors (Lipinski definition) is 1. The molecule has 1 aliphatic heterocycles. The van der Waals surface area contributed by atoms with Gasteiger partial charge in [0.05, 0.1) is 29.7 Å². The highest BCUT2D eigenvalue weighted by atomic mass is 16.5. The second-order valence-electron chi connectivity index (χ2n) is 10.9. The number of hydrogen-bond acceptors (Lipinski definition) is 6. The smallest absolute Gasteiger partial charge is 0.338 e. The lowest BCUT2D eigenvalue weighted by molar-refractivity contribution is -0.122. The Morgan fingerprint density at radius 2 is 1.30 bits per heavy atom. The first kappa shape index (κ1) is 26.6. The van der Waals surface area contributed by atoms with Crippen molar-refractivity contribution in [2.45, 2.75) is 18.8 Å². The highest BCUT2D eigenvalue weighted by molar-refractivity contribution is 6.23. The molecule has 4 aliphatic rings. The SMILES string of the molecule is CCOc1ccc(NC(=O)COC(=O)c2cccc(N3C(=O)[C@@H]4C5c6ccccc6C(c6ccccc65)[C@H]4C3=O)c2)cc1. The molecule has 8 rings (SSSR count). The van der Waals surface area contributed by atoms with Gasteiger partial charge in [0.2, 0.25) is 11.8 Å². The maximum atomic E-state index is 14.0. The lowest BCUT2D eigenvalue weighted by Gasteiger charge is -2.45. The van der Waals surface area contributed by atoms with Crippen molar-refractivity contribution in [2.75, 3.05) is 23.4 Å². The van der Waals surface area contributed by atoms with E-state index in [1.807, 2.05) is 31.2 Å². The van der Waals surface area contributed by atoms with E-state index in [1.165, 1.54) is 17.0 Å². The second kappa shape index (κ2) is 10.5. The van der Waals surface area contributed by atoms with Crippen LogP contribution in [0.5, 0.6) is 5.75 Å². The van der Waals surface area contributed by atoms with Gasteiger partial charge in [-0.05, 0) is 71.6 Å². The van der Waals surface area contributed by atoms with Gasteiger partial charge >= 0.3 is 5.97 Å². The summed E-state index contributed by atoms with van der Waals surface area (Å²) < 4.78 is 10.7. The lowest BCUT2D eigenvalue weighted by atomic mass is 9.55. The van der Waals surface area contributed by atoms with E-state index < -0.39 is 30.3 Å². The van der Waals surface area contributed by atoms with Gasteiger partial charge in [0.1, 0.15) is 5.75 Å². The van der Waals surface area contributed by atoms with E-state index in [0.29, 0.717) is 23.7 Å². The molecular weight excluding hydrogens is 544 g/mol. The third kappa shape index (κ3) is 4.37. The number of carbonyl (C=O) groups is 4. The number of nitrogens with one attached hydrogen (secondary N) is 1. The normalized spacial score (nSPS) is 21.1. The molecule has 4 aromatic rings. The predicted octanol–water partition coefficient (Wildman–Crippen LogP) is 5.28. The van der Waals surface area contributed by atoms with Gasteiger partial charge in [-0.25, -0.2) is 9.69 Å². The zero-order chi connectivity index (χ0) is 29.7. The van der Waals surface area contributed by atoms with E-state index in [0.717, 1.165) is 22.3 Å². The number of esters is 1. The number of rotatable bonds is 7. The van der Waals surface area contributed by atoms with Gasteiger partial charge in [0.25, 0.3) is 5.91 Å². The monoisotopic (exact) mass is 572 g/mol. The number of ether oxygens (including phenoxy) is 2. The summed E-state index contributed by atoms with van der Waals surface area (Å²) in [4.78, 5) is 54.6. The van der Waals surface area contributed by atoms with E-state index in [4.69, 9.17) is 9.47 Å². The quantitative estimate of drug-likeness (QED) is 0.239. The maximum Gasteiger partial charge on any atom is 0.338 e. The Labute approximate surface area is 248 Å². The molecular formula is C35H28N2O6. The van der Waals surface area contributed by atoms with E-state index in [9.17, 15) is 19.2 Å². The molecule has 4 aromatic carbocycles. The number of carbonyl (C=O) groups excluding carboxylic acids is 4. The number of anilines is 2. The number of amides is 3. The molecule has 0 saturated carbocycles. The molecule has 2 atom stereocenters. The highest BCUT2D eigenvalue weighted by Gasteiger charge is 2.61. The van der Waals surface area contributed by atoms with Crippen LogP contribution in [0.2, 0.25) is 0 Å².